The Balaban J connectivity index is 1.76. The van der Waals surface area contributed by atoms with Crippen molar-refractivity contribution in [3.05, 3.63) is 58.6 Å². The average Bonchev–Trinajstić information content (AvgIpc) is 2.82. The van der Waals surface area contributed by atoms with Crippen molar-refractivity contribution < 1.29 is 18.8 Å². The minimum Gasteiger partial charge on any atom is -0.487 e. The summed E-state index contributed by atoms with van der Waals surface area (Å²) < 4.78 is 18.0. The molecule has 1 heterocycles. The zero-order valence-corrected chi connectivity index (χ0v) is 16.2. The number of hydrogen-bond donors (Lipinski definition) is 0. The lowest BCUT2D eigenvalue weighted by molar-refractivity contribution is 0.00578. The maximum Gasteiger partial charge on any atom is 0.496 e. The summed E-state index contributed by atoms with van der Waals surface area (Å²) in [6.45, 7) is 8.37. The second-order valence-corrected chi connectivity index (χ2v) is 7.77. The number of carbonyl (C=O) groups is 1. The Kier molecular flexibility index (Phi) is 5.15. The van der Waals surface area contributed by atoms with Crippen LogP contribution in [0.2, 0.25) is 5.02 Å². The fourth-order valence-corrected chi connectivity index (χ4v) is 2.91. The van der Waals surface area contributed by atoms with Crippen LogP contribution in [-0.4, -0.2) is 24.6 Å². The molecule has 6 heteroatoms. The molecular weight excluding hydrogens is 350 g/mol. The van der Waals surface area contributed by atoms with E-state index >= 15 is 0 Å². The molecule has 0 atom stereocenters. The summed E-state index contributed by atoms with van der Waals surface area (Å²) in [6, 6.07) is 12.8. The molecule has 1 aliphatic heterocycles. The highest BCUT2D eigenvalue weighted by atomic mass is 35.5. The van der Waals surface area contributed by atoms with Crippen LogP contribution >= 0.6 is 11.6 Å². The lowest BCUT2D eigenvalue weighted by atomic mass is 9.79. The Labute approximate surface area is 159 Å². The number of benzene rings is 2. The smallest absolute Gasteiger partial charge is 0.487 e. The maximum absolute atomic E-state index is 10.7. The van der Waals surface area contributed by atoms with Gasteiger partial charge in [0, 0.05) is 11.0 Å². The molecule has 0 N–H and O–H groups in total. The van der Waals surface area contributed by atoms with E-state index in [0.717, 1.165) is 17.3 Å². The van der Waals surface area contributed by atoms with Crippen LogP contribution in [0.1, 0.15) is 43.6 Å². The van der Waals surface area contributed by atoms with Gasteiger partial charge in [-0.15, -0.1) is 0 Å². The van der Waals surface area contributed by atoms with E-state index in [-0.39, 0.29) is 0 Å². The van der Waals surface area contributed by atoms with Crippen molar-refractivity contribution in [2.75, 3.05) is 0 Å². The summed E-state index contributed by atoms with van der Waals surface area (Å²) >= 11 is 6.56. The Morgan fingerprint density at radius 2 is 1.65 bits per heavy atom. The Morgan fingerprint density at radius 1 is 1.04 bits per heavy atom. The molecule has 26 heavy (non-hydrogen) atoms. The molecule has 0 aliphatic carbocycles. The highest BCUT2D eigenvalue weighted by molar-refractivity contribution is 6.66. The first kappa shape index (κ1) is 19.0. The molecule has 0 unspecified atom stereocenters. The van der Waals surface area contributed by atoms with Crippen molar-refractivity contribution in [2.45, 2.75) is 45.5 Å². The highest BCUT2D eigenvalue weighted by Crippen LogP contribution is 2.37. The molecule has 2 aromatic carbocycles. The van der Waals surface area contributed by atoms with E-state index in [2.05, 4.69) is 0 Å². The van der Waals surface area contributed by atoms with Crippen LogP contribution < -0.4 is 10.2 Å². The molecule has 1 saturated heterocycles. The van der Waals surface area contributed by atoms with Crippen LogP contribution in [0.5, 0.6) is 5.75 Å². The minimum atomic E-state index is -0.539. The monoisotopic (exact) mass is 372 g/mol. The van der Waals surface area contributed by atoms with E-state index in [1.807, 2.05) is 58.0 Å². The molecule has 0 amide bonds. The van der Waals surface area contributed by atoms with Crippen molar-refractivity contribution >= 4 is 30.5 Å². The van der Waals surface area contributed by atoms with Gasteiger partial charge < -0.3 is 14.0 Å². The van der Waals surface area contributed by atoms with Crippen molar-refractivity contribution in [1.82, 2.24) is 0 Å². The summed E-state index contributed by atoms with van der Waals surface area (Å²) in [7, 11) is -0.539. The zero-order valence-electron chi connectivity index (χ0n) is 15.4. The van der Waals surface area contributed by atoms with Crippen LogP contribution in [0.15, 0.2) is 42.5 Å². The number of rotatable bonds is 5. The summed E-state index contributed by atoms with van der Waals surface area (Å²) in [6.07, 6.45) is 0.815. The van der Waals surface area contributed by atoms with Crippen molar-refractivity contribution in [1.29, 1.82) is 0 Å². The predicted octanol–water partition coefficient (Wildman–Crippen LogP) is 4.03. The van der Waals surface area contributed by atoms with E-state index < -0.39 is 18.3 Å². The lowest BCUT2D eigenvalue weighted by Crippen LogP contribution is -2.41. The summed E-state index contributed by atoms with van der Waals surface area (Å²) in [5.41, 5.74) is 1.47. The van der Waals surface area contributed by atoms with Gasteiger partial charge >= 0.3 is 7.12 Å². The fourth-order valence-electron chi connectivity index (χ4n) is 2.64. The van der Waals surface area contributed by atoms with Crippen molar-refractivity contribution in [3.63, 3.8) is 0 Å². The van der Waals surface area contributed by atoms with Gasteiger partial charge in [-0.1, -0.05) is 48.0 Å². The van der Waals surface area contributed by atoms with Gasteiger partial charge in [-0.3, -0.25) is 4.79 Å². The molecule has 3 rings (SSSR count). The number of halogens is 1. The maximum atomic E-state index is 10.7. The normalized spacial score (nSPS) is 18.0. The van der Waals surface area contributed by atoms with Crippen LogP contribution in [-0.2, 0) is 15.9 Å². The average molecular weight is 373 g/mol. The van der Waals surface area contributed by atoms with Crippen LogP contribution in [0.4, 0.5) is 0 Å². The first-order valence-corrected chi connectivity index (χ1v) is 8.92. The predicted molar refractivity (Wildman–Crippen MR) is 103 cm³/mol. The van der Waals surface area contributed by atoms with Crippen molar-refractivity contribution in [2.24, 2.45) is 0 Å². The molecular formula is C20H22BClO4. The molecule has 0 spiro atoms. The summed E-state index contributed by atoms with van der Waals surface area (Å²) in [4.78, 5) is 10.7. The third-order valence-corrected chi connectivity index (χ3v) is 5.41. The third-order valence-electron chi connectivity index (χ3n) is 5.01. The van der Waals surface area contributed by atoms with E-state index in [9.17, 15) is 4.79 Å². The van der Waals surface area contributed by atoms with Gasteiger partial charge in [0.25, 0.3) is 0 Å². The first-order chi connectivity index (χ1) is 12.2. The van der Waals surface area contributed by atoms with Gasteiger partial charge in [0.1, 0.15) is 18.6 Å². The number of ether oxygens (including phenoxy) is 1. The standard InChI is InChI=1S/C20H22BClO4/c1-19(2)20(3,4)26-21(25-19)16-6-5-7-17(18(16)22)24-13-15-10-8-14(12-23)9-11-15/h5-12H,13H2,1-4H3. The molecule has 0 saturated carbocycles. The van der Waals surface area contributed by atoms with Gasteiger partial charge in [-0.2, -0.15) is 0 Å². The second kappa shape index (κ2) is 7.07. The molecule has 136 valence electrons. The van der Waals surface area contributed by atoms with Gasteiger partial charge in [-0.25, -0.2) is 0 Å². The topological polar surface area (TPSA) is 44.8 Å². The number of aldehydes is 1. The van der Waals surface area contributed by atoms with Crippen LogP contribution in [0.25, 0.3) is 0 Å². The highest BCUT2D eigenvalue weighted by Gasteiger charge is 2.52. The summed E-state index contributed by atoms with van der Waals surface area (Å²) in [5, 5.41) is 0.482. The number of carbonyl (C=O) groups excluding carboxylic acids is 1. The first-order valence-electron chi connectivity index (χ1n) is 8.54. The van der Waals surface area contributed by atoms with E-state index in [0.29, 0.717) is 22.9 Å². The van der Waals surface area contributed by atoms with Gasteiger partial charge in [-0.05, 0) is 39.3 Å². The van der Waals surface area contributed by atoms with Gasteiger partial charge in [0.2, 0.25) is 0 Å². The Hall–Kier alpha value is -1.82. The largest absolute Gasteiger partial charge is 0.496 e. The van der Waals surface area contributed by atoms with Gasteiger partial charge in [0.05, 0.1) is 16.2 Å². The molecule has 4 nitrogen and oxygen atoms in total. The Morgan fingerprint density at radius 3 is 2.23 bits per heavy atom. The van der Waals surface area contributed by atoms with Crippen LogP contribution in [0.3, 0.4) is 0 Å². The fraction of sp³-hybridized carbons (Fsp3) is 0.350. The van der Waals surface area contributed by atoms with Crippen LogP contribution in [0, 0.1) is 0 Å². The molecule has 0 bridgehead atoms. The third kappa shape index (κ3) is 3.66. The second-order valence-electron chi connectivity index (χ2n) is 7.40. The Bertz CT molecular complexity index is 786. The van der Waals surface area contributed by atoms with E-state index in [1.54, 1.807) is 12.1 Å². The van der Waals surface area contributed by atoms with E-state index in [1.165, 1.54) is 0 Å². The van der Waals surface area contributed by atoms with E-state index in [4.69, 9.17) is 25.6 Å². The lowest BCUT2D eigenvalue weighted by Gasteiger charge is -2.32. The zero-order chi connectivity index (χ0) is 18.9. The molecule has 0 aromatic heterocycles. The number of hydrogen-bond acceptors (Lipinski definition) is 4. The van der Waals surface area contributed by atoms with Crippen molar-refractivity contribution in [3.8, 4) is 5.75 Å². The molecule has 1 fully saturated rings. The quantitative estimate of drug-likeness (QED) is 0.587. The summed E-state index contributed by atoms with van der Waals surface area (Å²) in [5.74, 6) is 0.568. The minimum absolute atomic E-state index is 0.353. The molecule has 2 aromatic rings. The SMILES string of the molecule is CC1(C)OB(c2cccc(OCc3ccc(C=O)cc3)c2Cl)OC1(C)C. The molecule has 1 aliphatic rings. The van der Waals surface area contributed by atoms with Gasteiger partial charge in [0.15, 0.2) is 0 Å². The molecule has 0 radical (unpaired) electrons.